The van der Waals surface area contributed by atoms with E-state index in [0.29, 0.717) is 12.1 Å². The minimum Gasteiger partial charge on any atom is -0.397 e. The number of aryl methyl sites for hydroxylation is 2. The molecule has 4 N–H and O–H groups in total. The standard InChI is InChI=1S/C16H16BrN3O/c1-9-3-2-4-12(16(9)17)19-14-8-13-10(7-11(14)18)5-6-15(21)20-13/h2-4,7-8,19H,5-6,18H2,1H3,(H,20,21). The number of rotatable bonds is 2. The van der Waals surface area contributed by atoms with Crippen molar-refractivity contribution in [3.8, 4) is 0 Å². The monoisotopic (exact) mass is 345 g/mol. The number of nitrogens with one attached hydrogen (secondary N) is 2. The van der Waals surface area contributed by atoms with Crippen molar-refractivity contribution in [3.63, 3.8) is 0 Å². The number of nitrogen functional groups attached to an aromatic ring is 1. The lowest BCUT2D eigenvalue weighted by atomic mass is 10.0. The molecule has 0 radical (unpaired) electrons. The molecule has 2 aromatic carbocycles. The summed E-state index contributed by atoms with van der Waals surface area (Å²) in [4.78, 5) is 11.5. The Bertz CT molecular complexity index is 728. The van der Waals surface area contributed by atoms with Gasteiger partial charge >= 0.3 is 0 Å². The third kappa shape index (κ3) is 2.74. The number of benzene rings is 2. The first-order valence-electron chi connectivity index (χ1n) is 6.79. The largest absolute Gasteiger partial charge is 0.397 e. The third-order valence-corrected chi connectivity index (χ3v) is 4.68. The van der Waals surface area contributed by atoms with Crippen LogP contribution in [0.5, 0.6) is 0 Å². The maximum Gasteiger partial charge on any atom is 0.224 e. The van der Waals surface area contributed by atoms with Crippen molar-refractivity contribution in [2.45, 2.75) is 19.8 Å². The van der Waals surface area contributed by atoms with Gasteiger partial charge in [-0.05, 0) is 58.6 Å². The van der Waals surface area contributed by atoms with Gasteiger partial charge in [-0.25, -0.2) is 0 Å². The van der Waals surface area contributed by atoms with E-state index in [0.717, 1.165) is 39.1 Å². The normalized spacial score (nSPS) is 13.5. The number of carbonyl (C=O) groups is 1. The van der Waals surface area contributed by atoms with Gasteiger partial charge in [0.1, 0.15) is 0 Å². The van der Waals surface area contributed by atoms with Crippen molar-refractivity contribution >= 4 is 44.6 Å². The molecule has 0 spiro atoms. The molecule has 0 unspecified atom stereocenters. The zero-order chi connectivity index (χ0) is 15.0. The van der Waals surface area contributed by atoms with Crippen molar-refractivity contribution < 1.29 is 4.79 Å². The maximum atomic E-state index is 11.5. The fourth-order valence-electron chi connectivity index (χ4n) is 2.44. The number of anilines is 4. The van der Waals surface area contributed by atoms with Gasteiger partial charge in [0.15, 0.2) is 0 Å². The molecule has 4 nitrogen and oxygen atoms in total. The highest BCUT2D eigenvalue weighted by Gasteiger charge is 2.17. The molecular formula is C16H16BrN3O. The van der Waals surface area contributed by atoms with Crippen LogP contribution < -0.4 is 16.4 Å². The van der Waals surface area contributed by atoms with E-state index in [-0.39, 0.29) is 5.91 Å². The van der Waals surface area contributed by atoms with Gasteiger partial charge in [-0.3, -0.25) is 4.79 Å². The molecule has 0 saturated heterocycles. The highest BCUT2D eigenvalue weighted by Crippen LogP contribution is 2.35. The summed E-state index contributed by atoms with van der Waals surface area (Å²) in [5.41, 5.74) is 11.6. The Balaban J connectivity index is 1.97. The number of hydrogen-bond acceptors (Lipinski definition) is 3. The summed E-state index contributed by atoms with van der Waals surface area (Å²) in [6, 6.07) is 9.83. The molecule has 2 aromatic rings. The van der Waals surface area contributed by atoms with Crippen LogP contribution in [0.3, 0.4) is 0 Å². The number of amides is 1. The first kappa shape index (κ1) is 13.9. The number of halogens is 1. The minimum atomic E-state index is 0.0509. The molecule has 0 aliphatic carbocycles. The first-order valence-corrected chi connectivity index (χ1v) is 7.58. The van der Waals surface area contributed by atoms with Crippen LogP contribution in [0.15, 0.2) is 34.8 Å². The summed E-state index contributed by atoms with van der Waals surface area (Å²) in [5.74, 6) is 0.0509. The highest BCUT2D eigenvalue weighted by molar-refractivity contribution is 9.10. The van der Waals surface area contributed by atoms with Gasteiger partial charge in [0.05, 0.1) is 17.1 Å². The summed E-state index contributed by atoms with van der Waals surface area (Å²) in [7, 11) is 0. The van der Waals surface area contributed by atoms with Crippen LogP contribution in [0.1, 0.15) is 17.5 Å². The van der Waals surface area contributed by atoms with Crippen LogP contribution in [-0.4, -0.2) is 5.91 Å². The van der Waals surface area contributed by atoms with Crippen LogP contribution in [-0.2, 0) is 11.2 Å². The molecule has 108 valence electrons. The molecule has 1 heterocycles. The Labute approximate surface area is 131 Å². The number of hydrogen-bond donors (Lipinski definition) is 3. The summed E-state index contributed by atoms with van der Waals surface area (Å²) >= 11 is 3.57. The number of nitrogens with two attached hydrogens (primary N) is 1. The predicted molar refractivity (Wildman–Crippen MR) is 90.0 cm³/mol. The Kier molecular flexibility index (Phi) is 3.59. The molecule has 3 rings (SSSR count). The van der Waals surface area contributed by atoms with Gasteiger partial charge in [-0.1, -0.05) is 12.1 Å². The first-order chi connectivity index (χ1) is 10.0. The molecular weight excluding hydrogens is 330 g/mol. The zero-order valence-corrected chi connectivity index (χ0v) is 13.3. The summed E-state index contributed by atoms with van der Waals surface area (Å²) in [5, 5.41) is 6.22. The van der Waals surface area contributed by atoms with E-state index in [1.54, 1.807) is 0 Å². The van der Waals surface area contributed by atoms with Crippen molar-refractivity contribution in [1.29, 1.82) is 0 Å². The second-order valence-corrected chi connectivity index (χ2v) is 6.00. The molecule has 0 bridgehead atoms. The minimum absolute atomic E-state index is 0.0509. The van der Waals surface area contributed by atoms with Gasteiger partial charge in [-0.2, -0.15) is 0 Å². The lowest BCUT2D eigenvalue weighted by molar-refractivity contribution is -0.116. The third-order valence-electron chi connectivity index (χ3n) is 3.63. The molecule has 0 fully saturated rings. The molecule has 0 saturated carbocycles. The molecule has 1 amide bonds. The second kappa shape index (κ2) is 5.41. The Hall–Kier alpha value is -2.01. The summed E-state index contributed by atoms with van der Waals surface area (Å²) in [6.07, 6.45) is 1.25. The smallest absolute Gasteiger partial charge is 0.224 e. The van der Waals surface area contributed by atoms with Crippen LogP contribution in [0.2, 0.25) is 0 Å². The van der Waals surface area contributed by atoms with Crippen molar-refractivity contribution in [2.24, 2.45) is 0 Å². The second-order valence-electron chi connectivity index (χ2n) is 5.21. The topological polar surface area (TPSA) is 67.1 Å². The van der Waals surface area contributed by atoms with Crippen LogP contribution in [0.4, 0.5) is 22.7 Å². The molecule has 1 aliphatic heterocycles. The molecule has 0 aromatic heterocycles. The van der Waals surface area contributed by atoms with E-state index in [1.165, 1.54) is 0 Å². The predicted octanol–water partition coefficient (Wildman–Crippen LogP) is 3.97. The number of carbonyl (C=O) groups excluding carboxylic acids is 1. The van der Waals surface area contributed by atoms with Gasteiger partial charge < -0.3 is 16.4 Å². The lowest BCUT2D eigenvalue weighted by Crippen LogP contribution is -2.19. The fourth-order valence-corrected chi connectivity index (χ4v) is 2.81. The maximum absolute atomic E-state index is 11.5. The molecule has 1 aliphatic rings. The Morgan fingerprint density at radius 3 is 2.86 bits per heavy atom. The fraction of sp³-hybridized carbons (Fsp3) is 0.188. The van der Waals surface area contributed by atoms with Crippen molar-refractivity contribution in [3.05, 3.63) is 45.9 Å². The summed E-state index contributed by atoms with van der Waals surface area (Å²) in [6.45, 7) is 2.03. The van der Waals surface area contributed by atoms with Crippen molar-refractivity contribution in [1.82, 2.24) is 0 Å². The van der Waals surface area contributed by atoms with E-state index in [1.807, 2.05) is 37.3 Å². The molecule has 0 atom stereocenters. The van der Waals surface area contributed by atoms with Crippen LogP contribution >= 0.6 is 15.9 Å². The van der Waals surface area contributed by atoms with Gasteiger partial charge in [0, 0.05) is 16.6 Å². The van der Waals surface area contributed by atoms with Gasteiger partial charge in [0.25, 0.3) is 0 Å². The SMILES string of the molecule is Cc1cccc(Nc2cc3c(cc2N)CCC(=O)N3)c1Br. The average Bonchev–Trinajstić information content (AvgIpc) is 2.45. The Morgan fingerprint density at radius 2 is 2.05 bits per heavy atom. The zero-order valence-electron chi connectivity index (χ0n) is 11.7. The van der Waals surface area contributed by atoms with Crippen molar-refractivity contribution in [2.75, 3.05) is 16.4 Å². The van der Waals surface area contributed by atoms with Gasteiger partial charge in [-0.15, -0.1) is 0 Å². The van der Waals surface area contributed by atoms with E-state index in [2.05, 4.69) is 26.6 Å². The van der Waals surface area contributed by atoms with E-state index < -0.39 is 0 Å². The number of fused-ring (bicyclic) bond motifs is 1. The van der Waals surface area contributed by atoms with Crippen LogP contribution in [0, 0.1) is 6.92 Å². The molecule has 21 heavy (non-hydrogen) atoms. The summed E-state index contributed by atoms with van der Waals surface area (Å²) < 4.78 is 1.01. The average molecular weight is 346 g/mol. The lowest BCUT2D eigenvalue weighted by Gasteiger charge is -2.20. The van der Waals surface area contributed by atoms with Gasteiger partial charge in [0.2, 0.25) is 5.91 Å². The van der Waals surface area contributed by atoms with E-state index >= 15 is 0 Å². The van der Waals surface area contributed by atoms with Crippen LogP contribution in [0.25, 0.3) is 0 Å². The highest BCUT2D eigenvalue weighted by atomic mass is 79.9. The quantitative estimate of drug-likeness (QED) is 0.721. The molecule has 5 heteroatoms. The van der Waals surface area contributed by atoms with E-state index in [9.17, 15) is 4.79 Å². The Morgan fingerprint density at radius 1 is 1.24 bits per heavy atom. The van der Waals surface area contributed by atoms with E-state index in [4.69, 9.17) is 5.73 Å².